The van der Waals surface area contributed by atoms with Gasteiger partial charge >= 0.3 is 0 Å². The molecule has 0 unspecified atom stereocenters. The van der Waals surface area contributed by atoms with Crippen LogP contribution in [-0.4, -0.2) is 17.4 Å². The van der Waals surface area contributed by atoms with Crippen molar-refractivity contribution >= 4 is 23.2 Å². The van der Waals surface area contributed by atoms with Gasteiger partial charge in [0.2, 0.25) is 0 Å². The van der Waals surface area contributed by atoms with Gasteiger partial charge in [-0.3, -0.25) is 0 Å². The molecule has 0 saturated heterocycles. The van der Waals surface area contributed by atoms with E-state index in [1.807, 2.05) is 0 Å². The van der Waals surface area contributed by atoms with E-state index in [1.165, 1.54) is 0 Å². The molecule has 0 aromatic carbocycles. The average molecular weight is 143 g/mol. The van der Waals surface area contributed by atoms with Crippen LogP contribution >= 0.6 is 23.2 Å². The zero-order valence-corrected chi connectivity index (χ0v) is 5.34. The largest absolute Gasteiger partial charge is 0.328 e. The minimum absolute atomic E-state index is 0.201. The van der Waals surface area contributed by atoms with Crippen LogP contribution in [0.1, 0.15) is 0 Å². The summed E-state index contributed by atoms with van der Waals surface area (Å²) in [5.41, 5.74) is 10.1. The summed E-state index contributed by atoms with van der Waals surface area (Å²) in [6.45, 7) is 0.402. The molecular formula is C3H8Cl2N2. The lowest BCUT2D eigenvalue weighted by Crippen LogP contribution is -2.33. The summed E-state index contributed by atoms with van der Waals surface area (Å²) in [5.74, 6) is 0. The Labute approximate surface area is 52.8 Å². The molecule has 0 aliphatic rings. The highest BCUT2D eigenvalue weighted by molar-refractivity contribution is 6.48. The number of hydrogen-bond donors (Lipinski definition) is 2. The molecule has 0 aromatic rings. The van der Waals surface area contributed by atoms with Crippen LogP contribution in [0.4, 0.5) is 0 Å². The number of halogens is 2. The Hall–Kier alpha value is 0.500. The first-order valence-electron chi connectivity index (χ1n) is 1.90. The molecule has 4 heteroatoms. The van der Waals surface area contributed by atoms with Crippen LogP contribution in [0.3, 0.4) is 0 Å². The number of hydrogen-bond acceptors (Lipinski definition) is 2. The van der Waals surface area contributed by atoms with Crippen molar-refractivity contribution in [2.45, 2.75) is 4.33 Å². The van der Waals surface area contributed by atoms with Crippen LogP contribution in [0.5, 0.6) is 0 Å². The van der Waals surface area contributed by atoms with Gasteiger partial charge < -0.3 is 11.5 Å². The second-order valence-corrected chi connectivity index (χ2v) is 2.90. The lowest BCUT2D eigenvalue weighted by Gasteiger charge is -2.11. The van der Waals surface area contributed by atoms with E-state index in [4.69, 9.17) is 34.7 Å². The van der Waals surface area contributed by atoms with Gasteiger partial charge in [0.15, 0.2) is 0 Å². The minimum atomic E-state index is -0.917. The molecule has 2 nitrogen and oxygen atoms in total. The molecule has 0 radical (unpaired) electrons. The van der Waals surface area contributed by atoms with Crippen molar-refractivity contribution in [3.05, 3.63) is 0 Å². The van der Waals surface area contributed by atoms with Crippen molar-refractivity contribution in [3.63, 3.8) is 0 Å². The molecule has 0 saturated carbocycles. The van der Waals surface area contributed by atoms with Gasteiger partial charge in [0.25, 0.3) is 0 Å². The van der Waals surface area contributed by atoms with Crippen molar-refractivity contribution in [2.75, 3.05) is 13.1 Å². The summed E-state index contributed by atoms with van der Waals surface area (Å²) in [5, 5.41) is 0. The normalized spacial score (nSPS) is 12.0. The highest BCUT2D eigenvalue weighted by atomic mass is 35.5. The van der Waals surface area contributed by atoms with E-state index in [1.54, 1.807) is 0 Å². The van der Waals surface area contributed by atoms with Crippen LogP contribution in [0, 0.1) is 0 Å². The van der Waals surface area contributed by atoms with Gasteiger partial charge in [-0.25, -0.2) is 0 Å². The lowest BCUT2D eigenvalue weighted by molar-refractivity contribution is 0.787. The van der Waals surface area contributed by atoms with Gasteiger partial charge in [-0.2, -0.15) is 0 Å². The molecule has 44 valence electrons. The van der Waals surface area contributed by atoms with E-state index in [9.17, 15) is 0 Å². The molecule has 7 heavy (non-hydrogen) atoms. The molecule has 0 aromatic heterocycles. The predicted octanol–water partition coefficient (Wildman–Crippen LogP) is 0.0777. The van der Waals surface area contributed by atoms with Crippen molar-refractivity contribution in [1.29, 1.82) is 0 Å². The van der Waals surface area contributed by atoms with Gasteiger partial charge in [-0.15, -0.1) is 0 Å². The molecule has 0 aliphatic heterocycles. The summed E-state index contributed by atoms with van der Waals surface area (Å²) in [4.78, 5) is 0. The minimum Gasteiger partial charge on any atom is -0.328 e. The SMILES string of the molecule is NCC(Cl)(Cl)CN. The topological polar surface area (TPSA) is 52.0 Å². The Kier molecular flexibility index (Phi) is 2.92. The Morgan fingerprint density at radius 2 is 1.43 bits per heavy atom. The van der Waals surface area contributed by atoms with Crippen molar-refractivity contribution < 1.29 is 0 Å². The maximum atomic E-state index is 5.42. The van der Waals surface area contributed by atoms with Crippen LogP contribution in [-0.2, 0) is 0 Å². The van der Waals surface area contributed by atoms with Crippen molar-refractivity contribution in [2.24, 2.45) is 11.5 Å². The van der Waals surface area contributed by atoms with E-state index in [0.717, 1.165) is 0 Å². The zero-order valence-electron chi connectivity index (χ0n) is 3.82. The molecular weight excluding hydrogens is 135 g/mol. The first kappa shape index (κ1) is 7.50. The molecule has 4 N–H and O–H groups in total. The summed E-state index contributed by atoms with van der Waals surface area (Å²) < 4.78 is -0.917. The second kappa shape index (κ2) is 2.72. The number of rotatable bonds is 2. The number of alkyl halides is 2. The van der Waals surface area contributed by atoms with Gasteiger partial charge in [0, 0.05) is 13.1 Å². The highest BCUT2D eigenvalue weighted by Gasteiger charge is 2.17. The van der Waals surface area contributed by atoms with Gasteiger partial charge in [0.1, 0.15) is 4.33 Å². The van der Waals surface area contributed by atoms with E-state index in [2.05, 4.69) is 0 Å². The predicted molar refractivity (Wildman–Crippen MR) is 32.5 cm³/mol. The smallest absolute Gasteiger partial charge is 0.142 e. The quantitative estimate of drug-likeness (QED) is 0.537. The molecule has 0 fully saturated rings. The number of nitrogens with two attached hydrogens (primary N) is 2. The van der Waals surface area contributed by atoms with Gasteiger partial charge in [-0.05, 0) is 0 Å². The van der Waals surface area contributed by atoms with Crippen molar-refractivity contribution in [1.82, 2.24) is 0 Å². The summed E-state index contributed by atoms with van der Waals surface area (Å²) in [7, 11) is 0. The van der Waals surface area contributed by atoms with Gasteiger partial charge in [0.05, 0.1) is 0 Å². The molecule has 0 aliphatic carbocycles. The molecule has 0 bridgehead atoms. The standard InChI is InChI=1S/C3H8Cl2N2/c4-3(5,1-6)2-7/h1-2,6-7H2. The summed E-state index contributed by atoms with van der Waals surface area (Å²) >= 11 is 10.8. The first-order valence-corrected chi connectivity index (χ1v) is 2.66. The fraction of sp³-hybridized carbons (Fsp3) is 1.00. The molecule has 0 spiro atoms. The summed E-state index contributed by atoms with van der Waals surface area (Å²) in [6.07, 6.45) is 0. The van der Waals surface area contributed by atoms with E-state index in [0.29, 0.717) is 0 Å². The lowest BCUT2D eigenvalue weighted by atomic mass is 10.4. The molecule has 0 amide bonds. The fourth-order valence-corrected chi connectivity index (χ4v) is 0.0833. The molecule has 0 rings (SSSR count). The van der Waals surface area contributed by atoms with Crippen LogP contribution < -0.4 is 11.5 Å². The monoisotopic (exact) mass is 142 g/mol. The Morgan fingerprint density at radius 3 is 1.43 bits per heavy atom. The maximum Gasteiger partial charge on any atom is 0.142 e. The second-order valence-electron chi connectivity index (χ2n) is 1.26. The molecule has 0 atom stereocenters. The third-order valence-electron chi connectivity index (χ3n) is 0.597. The molecule has 0 heterocycles. The first-order chi connectivity index (χ1) is 3.12. The van der Waals surface area contributed by atoms with E-state index >= 15 is 0 Å². The van der Waals surface area contributed by atoms with Crippen LogP contribution in [0.15, 0.2) is 0 Å². The average Bonchev–Trinajstić information content (AvgIpc) is 1.68. The Morgan fingerprint density at radius 1 is 1.14 bits per heavy atom. The van der Waals surface area contributed by atoms with E-state index < -0.39 is 4.33 Å². The fourth-order valence-electron chi connectivity index (χ4n) is 0.0833. The van der Waals surface area contributed by atoms with Crippen LogP contribution in [0.25, 0.3) is 0 Å². The van der Waals surface area contributed by atoms with E-state index in [-0.39, 0.29) is 13.1 Å². The zero-order chi connectivity index (χ0) is 5.91. The highest BCUT2D eigenvalue weighted by Crippen LogP contribution is 2.15. The summed E-state index contributed by atoms with van der Waals surface area (Å²) in [6, 6.07) is 0. The van der Waals surface area contributed by atoms with Crippen LogP contribution in [0.2, 0.25) is 0 Å². The Balaban J connectivity index is 3.36. The third-order valence-corrected chi connectivity index (χ3v) is 1.21. The van der Waals surface area contributed by atoms with Crippen molar-refractivity contribution in [3.8, 4) is 0 Å². The third kappa shape index (κ3) is 3.12. The Bertz CT molecular complexity index is 48.9. The van der Waals surface area contributed by atoms with Gasteiger partial charge in [-0.1, -0.05) is 23.2 Å². The maximum absolute atomic E-state index is 5.42.